The molecule has 0 fully saturated rings. The van der Waals surface area contributed by atoms with Gasteiger partial charge in [-0.2, -0.15) is 0 Å². The van der Waals surface area contributed by atoms with Crippen LogP contribution in [0, 0.1) is 0 Å². The number of hydrogen-bond donors (Lipinski definition) is 1. The molecule has 0 saturated heterocycles. The van der Waals surface area contributed by atoms with E-state index in [1.54, 1.807) is 12.1 Å². The Morgan fingerprint density at radius 1 is 1.16 bits per heavy atom. The van der Waals surface area contributed by atoms with E-state index in [1.165, 1.54) is 12.7 Å². The molecule has 0 aliphatic carbocycles. The normalized spacial score (nSPS) is 10.0. The number of ether oxygens (including phenoxy) is 1. The summed E-state index contributed by atoms with van der Waals surface area (Å²) >= 11 is 3.51. The van der Waals surface area contributed by atoms with E-state index in [1.807, 2.05) is 30.3 Å². The molecule has 0 aliphatic heterocycles. The Morgan fingerprint density at radius 2 is 1.84 bits per heavy atom. The Kier molecular flexibility index (Phi) is 4.58. The molecule has 0 amide bonds. The zero-order valence-corrected chi connectivity index (χ0v) is 12.1. The molecule has 0 atom stereocenters. The number of methoxy groups -OCH3 is 1. The molecule has 0 heterocycles. The van der Waals surface area contributed by atoms with Gasteiger partial charge in [0.05, 0.1) is 12.7 Å². The number of carbonyl (C=O) groups excluding carboxylic acids is 1. The lowest BCUT2D eigenvalue weighted by molar-refractivity contribution is 0.0601. The average Bonchev–Trinajstić information content (AvgIpc) is 2.46. The molecule has 98 valence electrons. The van der Waals surface area contributed by atoms with Crippen LogP contribution in [0.25, 0.3) is 0 Å². The Bertz CT molecular complexity index is 567. The van der Waals surface area contributed by atoms with Gasteiger partial charge < -0.3 is 10.1 Å². The van der Waals surface area contributed by atoms with Crippen molar-refractivity contribution in [1.29, 1.82) is 0 Å². The van der Waals surface area contributed by atoms with E-state index >= 15 is 0 Å². The van der Waals surface area contributed by atoms with Crippen molar-refractivity contribution in [2.45, 2.75) is 6.54 Å². The van der Waals surface area contributed by atoms with Gasteiger partial charge in [-0.05, 0) is 35.9 Å². The fourth-order valence-corrected chi connectivity index (χ4v) is 2.11. The van der Waals surface area contributed by atoms with E-state index < -0.39 is 0 Å². The maximum atomic E-state index is 11.3. The van der Waals surface area contributed by atoms with Crippen LogP contribution in [-0.4, -0.2) is 13.1 Å². The highest BCUT2D eigenvalue weighted by Crippen LogP contribution is 2.18. The van der Waals surface area contributed by atoms with Gasteiger partial charge in [0.2, 0.25) is 0 Å². The predicted molar refractivity (Wildman–Crippen MR) is 79.3 cm³/mol. The monoisotopic (exact) mass is 319 g/mol. The van der Waals surface area contributed by atoms with Crippen LogP contribution >= 0.6 is 15.9 Å². The van der Waals surface area contributed by atoms with Gasteiger partial charge in [-0.1, -0.05) is 34.1 Å². The van der Waals surface area contributed by atoms with Crippen LogP contribution in [0.2, 0.25) is 0 Å². The fraction of sp³-hybridized carbons (Fsp3) is 0.133. The summed E-state index contributed by atoms with van der Waals surface area (Å²) < 4.78 is 5.73. The van der Waals surface area contributed by atoms with Crippen LogP contribution < -0.4 is 5.32 Å². The molecular formula is C15H14BrNO2. The number of benzene rings is 2. The summed E-state index contributed by atoms with van der Waals surface area (Å²) in [5.74, 6) is -0.322. The molecule has 19 heavy (non-hydrogen) atoms. The quantitative estimate of drug-likeness (QED) is 0.870. The van der Waals surface area contributed by atoms with Crippen molar-refractivity contribution < 1.29 is 9.53 Å². The summed E-state index contributed by atoms with van der Waals surface area (Å²) in [6.07, 6.45) is 0. The van der Waals surface area contributed by atoms with Gasteiger partial charge in [-0.25, -0.2) is 4.79 Å². The second-order valence-corrected chi connectivity index (χ2v) is 4.87. The van der Waals surface area contributed by atoms with Gasteiger partial charge in [-0.3, -0.25) is 0 Å². The standard InChI is InChI=1S/C15H14BrNO2/c1-19-15(18)11-6-8-13(9-7-11)17-10-12-4-2-3-5-14(12)16/h2-9,17H,10H2,1H3. The van der Waals surface area contributed by atoms with Crippen molar-refractivity contribution in [2.75, 3.05) is 12.4 Å². The highest BCUT2D eigenvalue weighted by Gasteiger charge is 2.04. The zero-order chi connectivity index (χ0) is 13.7. The number of hydrogen-bond acceptors (Lipinski definition) is 3. The van der Waals surface area contributed by atoms with Crippen molar-refractivity contribution in [3.05, 3.63) is 64.1 Å². The fourth-order valence-electron chi connectivity index (χ4n) is 1.68. The first kappa shape index (κ1) is 13.6. The van der Waals surface area contributed by atoms with Gasteiger partial charge in [0.25, 0.3) is 0 Å². The second-order valence-electron chi connectivity index (χ2n) is 4.01. The Morgan fingerprint density at radius 3 is 2.47 bits per heavy atom. The predicted octanol–water partition coefficient (Wildman–Crippen LogP) is 3.85. The van der Waals surface area contributed by atoms with E-state index in [4.69, 9.17) is 0 Å². The average molecular weight is 320 g/mol. The van der Waals surface area contributed by atoms with Crippen molar-refractivity contribution in [3.8, 4) is 0 Å². The molecule has 2 aromatic rings. The van der Waals surface area contributed by atoms with Crippen LogP contribution in [0.4, 0.5) is 5.69 Å². The van der Waals surface area contributed by atoms with Crippen molar-refractivity contribution in [3.63, 3.8) is 0 Å². The van der Waals surface area contributed by atoms with E-state index in [0.717, 1.165) is 16.7 Å². The van der Waals surface area contributed by atoms with Gasteiger partial charge in [-0.15, -0.1) is 0 Å². The first-order valence-electron chi connectivity index (χ1n) is 5.86. The summed E-state index contributed by atoms with van der Waals surface area (Å²) in [4.78, 5) is 11.3. The number of nitrogens with one attached hydrogen (secondary N) is 1. The van der Waals surface area contributed by atoms with Gasteiger partial charge in [0.15, 0.2) is 0 Å². The lowest BCUT2D eigenvalue weighted by atomic mass is 10.2. The third-order valence-corrected chi connectivity index (χ3v) is 3.52. The molecule has 2 aromatic carbocycles. The molecule has 3 nitrogen and oxygen atoms in total. The molecule has 2 rings (SSSR count). The van der Waals surface area contributed by atoms with E-state index in [9.17, 15) is 4.79 Å². The largest absolute Gasteiger partial charge is 0.465 e. The topological polar surface area (TPSA) is 38.3 Å². The van der Waals surface area contributed by atoms with E-state index in [0.29, 0.717) is 5.56 Å². The van der Waals surface area contributed by atoms with Gasteiger partial charge in [0.1, 0.15) is 0 Å². The minimum absolute atomic E-state index is 0.322. The first-order chi connectivity index (χ1) is 9.20. The molecule has 0 bridgehead atoms. The number of rotatable bonds is 4. The minimum atomic E-state index is -0.322. The molecule has 0 radical (unpaired) electrons. The number of halogens is 1. The van der Waals surface area contributed by atoms with Crippen molar-refractivity contribution in [1.82, 2.24) is 0 Å². The van der Waals surface area contributed by atoms with Crippen LogP contribution in [0.5, 0.6) is 0 Å². The Labute approximate surface area is 120 Å². The zero-order valence-electron chi connectivity index (χ0n) is 10.5. The molecule has 0 spiro atoms. The molecule has 0 aliphatic rings. The van der Waals surface area contributed by atoms with E-state index in [-0.39, 0.29) is 5.97 Å². The number of esters is 1. The maximum Gasteiger partial charge on any atom is 0.337 e. The SMILES string of the molecule is COC(=O)c1ccc(NCc2ccccc2Br)cc1. The lowest BCUT2D eigenvalue weighted by Crippen LogP contribution is -2.03. The van der Waals surface area contributed by atoms with Crippen molar-refractivity contribution in [2.24, 2.45) is 0 Å². The molecule has 1 N–H and O–H groups in total. The molecule has 4 heteroatoms. The Hall–Kier alpha value is -1.81. The highest BCUT2D eigenvalue weighted by molar-refractivity contribution is 9.10. The van der Waals surface area contributed by atoms with Crippen LogP contribution in [-0.2, 0) is 11.3 Å². The smallest absolute Gasteiger partial charge is 0.337 e. The minimum Gasteiger partial charge on any atom is -0.465 e. The summed E-state index contributed by atoms with van der Waals surface area (Å²) in [5.41, 5.74) is 2.69. The third kappa shape index (κ3) is 3.58. The summed E-state index contributed by atoms with van der Waals surface area (Å²) in [6, 6.07) is 15.3. The number of anilines is 1. The number of carbonyl (C=O) groups is 1. The second kappa shape index (κ2) is 6.38. The summed E-state index contributed by atoms with van der Waals surface area (Å²) in [5, 5.41) is 3.30. The van der Waals surface area contributed by atoms with Crippen LogP contribution in [0.15, 0.2) is 53.0 Å². The summed E-state index contributed by atoms with van der Waals surface area (Å²) in [7, 11) is 1.38. The first-order valence-corrected chi connectivity index (χ1v) is 6.65. The Balaban J connectivity index is 2.01. The van der Waals surface area contributed by atoms with Crippen LogP contribution in [0.1, 0.15) is 15.9 Å². The maximum absolute atomic E-state index is 11.3. The lowest BCUT2D eigenvalue weighted by Gasteiger charge is -2.08. The third-order valence-electron chi connectivity index (χ3n) is 2.75. The molecule has 0 aromatic heterocycles. The highest BCUT2D eigenvalue weighted by atomic mass is 79.9. The molecule has 0 unspecified atom stereocenters. The molecule has 0 saturated carbocycles. The van der Waals surface area contributed by atoms with E-state index in [2.05, 4.69) is 32.0 Å². The van der Waals surface area contributed by atoms with Gasteiger partial charge >= 0.3 is 5.97 Å². The van der Waals surface area contributed by atoms with Crippen LogP contribution in [0.3, 0.4) is 0 Å². The summed E-state index contributed by atoms with van der Waals surface area (Å²) in [6.45, 7) is 0.721. The van der Waals surface area contributed by atoms with Crippen molar-refractivity contribution >= 4 is 27.6 Å². The molecular weight excluding hydrogens is 306 g/mol. The van der Waals surface area contributed by atoms with Gasteiger partial charge in [0, 0.05) is 16.7 Å².